The Morgan fingerprint density at radius 3 is 2.23 bits per heavy atom. The normalized spacial score (nSPS) is 17.8. The largest absolute Gasteiger partial charge is 0.497 e. The van der Waals surface area contributed by atoms with Crippen molar-refractivity contribution < 1.29 is 27.1 Å². The van der Waals surface area contributed by atoms with Crippen molar-refractivity contribution in [3.63, 3.8) is 0 Å². The molecule has 52 heavy (non-hydrogen) atoms. The summed E-state index contributed by atoms with van der Waals surface area (Å²) in [6.07, 6.45) is 3.51. The maximum absolute atomic E-state index is 14.4. The van der Waals surface area contributed by atoms with E-state index in [2.05, 4.69) is 40.9 Å². The summed E-state index contributed by atoms with van der Waals surface area (Å²) in [5.74, 6) is -0.744. The highest BCUT2D eigenvalue weighted by Crippen LogP contribution is 2.27. The Kier molecular flexibility index (Phi) is 12.7. The number of fused-ring (bicyclic) bond motifs is 1. The van der Waals surface area contributed by atoms with E-state index in [0.717, 1.165) is 17.5 Å². The number of rotatable bonds is 14. The van der Waals surface area contributed by atoms with Gasteiger partial charge in [0.25, 0.3) is 0 Å². The third kappa shape index (κ3) is 9.76. The van der Waals surface area contributed by atoms with Gasteiger partial charge in [0, 0.05) is 44.6 Å². The molecule has 0 bridgehead atoms. The van der Waals surface area contributed by atoms with E-state index in [1.165, 1.54) is 55.2 Å². The van der Waals surface area contributed by atoms with Crippen molar-refractivity contribution in [1.82, 2.24) is 19.8 Å². The number of hydrogen-bond acceptors (Lipinski definition) is 6. The van der Waals surface area contributed by atoms with Gasteiger partial charge in [-0.05, 0) is 104 Å². The Bertz CT molecular complexity index is 1960. The summed E-state index contributed by atoms with van der Waals surface area (Å²) in [5, 5.41) is 4.37. The molecule has 4 aromatic carbocycles. The molecule has 4 aromatic rings. The number of piperidine rings is 1. The van der Waals surface area contributed by atoms with Gasteiger partial charge in [0.1, 0.15) is 17.6 Å². The monoisotopic (exact) mass is 730 g/mol. The Labute approximate surface area is 307 Å². The number of carbonyl (C=O) groups is 2. The van der Waals surface area contributed by atoms with Crippen molar-refractivity contribution in [2.45, 2.75) is 101 Å². The van der Waals surface area contributed by atoms with Gasteiger partial charge in [-0.2, -0.15) is 0 Å². The maximum atomic E-state index is 14.4. The first-order valence-corrected chi connectivity index (χ1v) is 19.5. The lowest BCUT2D eigenvalue weighted by atomic mass is 9.96. The highest BCUT2D eigenvalue weighted by molar-refractivity contribution is 7.89. The lowest BCUT2D eigenvalue weighted by Gasteiger charge is -2.39. The molecule has 0 aliphatic carbocycles. The lowest BCUT2D eigenvalue weighted by molar-refractivity contribution is -0.136. The van der Waals surface area contributed by atoms with Crippen LogP contribution in [0.5, 0.6) is 5.75 Å². The highest BCUT2D eigenvalue weighted by Gasteiger charge is 2.30. The molecule has 5 rings (SSSR count). The fourth-order valence-electron chi connectivity index (χ4n) is 6.85. The molecule has 0 saturated carbocycles. The summed E-state index contributed by atoms with van der Waals surface area (Å²) < 4.78 is 49.8. The predicted octanol–water partition coefficient (Wildman–Crippen LogP) is 6.75. The molecule has 1 heterocycles. The average Bonchev–Trinajstić information content (AvgIpc) is 3.12. The molecule has 1 aliphatic heterocycles. The molecule has 11 heteroatoms. The summed E-state index contributed by atoms with van der Waals surface area (Å²) in [6, 6.07) is 22.5. The van der Waals surface area contributed by atoms with Crippen molar-refractivity contribution in [3.05, 3.63) is 107 Å². The zero-order chi connectivity index (χ0) is 37.6. The highest BCUT2D eigenvalue weighted by atomic mass is 32.2. The molecule has 1 fully saturated rings. The van der Waals surface area contributed by atoms with Gasteiger partial charge >= 0.3 is 0 Å². The second-order valence-electron chi connectivity index (χ2n) is 14.3. The minimum atomic E-state index is -4.18. The number of nitrogens with one attached hydrogen (secondary N) is 2. The molecule has 9 nitrogen and oxygen atoms in total. The van der Waals surface area contributed by atoms with E-state index in [0.29, 0.717) is 23.2 Å². The van der Waals surface area contributed by atoms with Gasteiger partial charge in [0.05, 0.1) is 18.0 Å². The zero-order valence-electron chi connectivity index (χ0n) is 30.9. The quantitative estimate of drug-likeness (QED) is 0.149. The van der Waals surface area contributed by atoms with Gasteiger partial charge in [-0.1, -0.05) is 55.0 Å². The molecule has 1 saturated heterocycles. The number of likely N-dealkylation sites (tertiary alicyclic amines) is 1. The van der Waals surface area contributed by atoms with Crippen LogP contribution < -0.4 is 14.8 Å². The van der Waals surface area contributed by atoms with E-state index in [1.807, 2.05) is 26.0 Å². The first kappa shape index (κ1) is 38.9. The van der Waals surface area contributed by atoms with E-state index in [9.17, 15) is 22.4 Å². The third-order valence-electron chi connectivity index (χ3n) is 10.2. The summed E-state index contributed by atoms with van der Waals surface area (Å²) in [5.41, 5.74) is 2.35. The van der Waals surface area contributed by atoms with E-state index < -0.39 is 33.8 Å². The minimum absolute atomic E-state index is 0.00811. The maximum Gasteiger partial charge on any atom is 0.245 e. The van der Waals surface area contributed by atoms with Crippen LogP contribution >= 0.6 is 0 Å². The number of carbonyl (C=O) groups excluding carboxylic acids is 2. The molecule has 0 spiro atoms. The number of ether oxygens (including phenoxy) is 1. The zero-order valence-corrected chi connectivity index (χ0v) is 31.8. The van der Waals surface area contributed by atoms with Crippen LogP contribution in [0.1, 0.15) is 76.1 Å². The van der Waals surface area contributed by atoms with Gasteiger partial charge < -0.3 is 15.0 Å². The summed E-state index contributed by atoms with van der Waals surface area (Å²) in [6.45, 7) is 9.19. The van der Waals surface area contributed by atoms with Crippen LogP contribution in [0.2, 0.25) is 0 Å². The predicted molar refractivity (Wildman–Crippen MR) is 203 cm³/mol. The van der Waals surface area contributed by atoms with E-state index in [-0.39, 0.29) is 35.2 Å². The van der Waals surface area contributed by atoms with Crippen LogP contribution in [0.3, 0.4) is 0 Å². The topological polar surface area (TPSA) is 108 Å². The first-order valence-electron chi connectivity index (χ1n) is 18.0. The van der Waals surface area contributed by atoms with E-state index in [1.54, 1.807) is 49.4 Å². The van der Waals surface area contributed by atoms with Crippen molar-refractivity contribution in [1.29, 1.82) is 0 Å². The van der Waals surface area contributed by atoms with Crippen molar-refractivity contribution >= 4 is 32.6 Å². The summed E-state index contributed by atoms with van der Waals surface area (Å²) in [7, 11) is -0.924. The van der Waals surface area contributed by atoms with E-state index >= 15 is 0 Å². The number of likely N-dealkylation sites (N-methyl/N-ethyl adjacent to an activating group) is 1. The second kappa shape index (κ2) is 17.0. The van der Waals surface area contributed by atoms with Crippen molar-refractivity contribution in [3.8, 4) is 5.75 Å². The average molecular weight is 731 g/mol. The Morgan fingerprint density at radius 2 is 1.58 bits per heavy atom. The number of sulfonamides is 1. The Hall–Kier alpha value is -4.32. The molecular formula is C41H51FN4O5S. The molecule has 2 amide bonds. The standard InChI is InChI=1S/C41H51FN4O5S/c1-27(2)45(5)41(48)39(21-30-13-15-31(16-14-30)26-46-28(3)9-7-10-29(46)4)43-40(47)25-38(34-11-8-12-35(42)22-34)44-52(49,50)37-20-18-32-23-36(51-6)19-17-33(32)24-37/h8,11-20,22-24,27-29,38-39,44H,7,9-10,21,25-26H2,1-6H3,(H,43,47)/t28-,29+,38?,39?. The first-order chi connectivity index (χ1) is 24.7. The third-order valence-corrected chi connectivity index (χ3v) is 11.7. The smallest absolute Gasteiger partial charge is 0.245 e. The second-order valence-corrected chi connectivity index (χ2v) is 16.0. The Balaban J connectivity index is 1.35. The molecule has 278 valence electrons. The number of halogens is 1. The number of nitrogens with zero attached hydrogens (tertiary/aromatic N) is 2. The van der Waals surface area contributed by atoms with Gasteiger partial charge in [0.2, 0.25) is 21.8 Å². The number of hydrogen-bond donors (Lipinski definition) is 2. The van der Waals surface area contributed by atoms with Crippen LogP contribution in [0.15, 0.2) is 89.8 Å². The number of amides is 2. The molecule has 0 radical (unpaired) electrons. The van der Waals surface area contributed by atoms with Gasteiger partial charge in [-0.25, -0.2) is 17.5 Å². The van der Waals surface area contributed by atoms with Crippen LogP contribution in [-0.2, 0) is 32.6 Å². The summed E-state index contributed by atoms with van der Waals surface area (Å²) >= 11 is 0. The van der Waals surface area contributed by atoms with Crippen molar-refractivity contribution in [2.24, 2.45) is 0 Å². The molecule has 4 atom stereocenters. The Morgan fingerprint density at radius 1 is 0.923 bits per heavy atom. The van der Waals surface area contributed by atoms with Gasteiger partial charge in [-0.15, -0.1) is 0 Å². The van der Waals surface area contributed by atoms with Gasteiger partial charge in [0.15, 0.2) is 0 Å². The van der Waals surface area contributed by atoms with Crippen LogP contribution in [0.4, 0.5) is 4.39 Å². The lowest BCUT2D eigenvalue weighted by Crippen LogP contribution is -2.50. The number of benzene rings is 4. The molecule has 0 aromatic heterocycles. The van der Waals surface area contributed by atoms with E-state index in [4.69, 9.17) is 4.74 Å². The minimum Gasteiger partial charge on any atom is -0.497 e. The van der Waals surface area contributed by atoms with Crippen LogP contribution in [0.25, 0.3) is 10.8 Å². The van der Waals surface area contributed by atoms with Crippen molar-refractivity contribution in [2.75, 3.05) is 14.2 Å². The summed E-state index contributed by atoms with van der Waals surface area (Å²) in [4.78, 5) is 31.6. The molecule has 1 aliphatic rings. The fourth-order valence-corrected chi connectivity index (χ4v) is 8.11. The fraction of sp³-hybridized carbons (Fsp3) is 0.415. The van der Waals surface area contributed by atoms with Crippen LogP contribution in [0, 0.1) is 5.82 Å². The SMILES string of the molecule is COc1ccc2cc(S(=O)(=O)NC(CC(=O)NC(Cc3ccc(CN4[C@H](C)CCC[C@@H]4C)cc3)C(=O)N(C)C(C)C)c3cccc(F)c3)ccc2c1. The number of methoxy groups -OCH3 is 1. The molecule has 2 N–H and O–H groups in total. The van der Waals surface area contributed by atoms with Crippen LogP contribution in [-0.4, -0.2) is 68.4 Å². The molecule has 2 unspecified atom stereocenters. The molecular weight excluding hydrogens is 680 g/mol. The van der Waals surface area contributed by atoms with Gasteiger partial charge in [-0.3, -0.25) is 14.5 Å².